The van der Waals surface area contributed by atoms with Crippen molar-refractivity contribution >= 4 is 33.2 Å². The molecule has 0 aliphatic heterocycles. The van der Waals surface area contributed by atoms with Gasteiger partial charge in [0.25, 0.3) is 15.9 Å². The van der Waals surface area contributed by atoms with E-state index in [4.69, 9.17) is 4.74 Å². The number of nitrogens with zero attached hydrogens (tertiary/aromatic N) is 1. The molecule has 1 atom stereocenters. The van der Waals surface area contributed by atoms with Gasteiger partial charge in [-0.15, -0.1) is 0 Å². The smallest absolute Gasteiger partial charge is 0.264 e. The van der Waals surface area contributed by atoms with Crippen LogP contribution >= 0.6 is 0 Å². The molecule has 206 valence electrons. The minimum Gasteiger partial charge on any atom is -0.494 e. The molecule has 1 unspecified atom stereocenters. The van der Waals surface area contributed by atoms with E-state index < -0.39 is 22.5 Å². The Hall–Kier alpha value is -4.63. The van der Waals surface area contributed by atoms with E-state index in [9.17, 15) is 18.0 Å². The van der Waals surface area contributed by atoms with Crippen LogP contribution < -0.4 is 19.7 Å². The summed E-state index contributed by atoms with van der Waals surface area (Å²) in [6, 6.07) is 30.2. The van der Waals surface area contributed by atoms with E-state index in [-0.39, 0.29) is 28.1 Å². The number of anilines is 2. The molecule has 0 aliphatic rings. The Morgan fingerprint density at radius 2 is 1.43 bits per heavy atom. The first-order chi connectivity index (χ1) is 19.3. The van der Waals surface area contributed by atoms with Gasteiger partial charge in [0.1, 0.15) is 12.3 Å². The Balaban J connectivity index is 1.57. The van der Waals surface area contributed by atoms with Crippen molar-refractivity contribution in [2.45, 2.75) is 24.8 Å². The lowest BCUT2D eigenvalue weighted by Crippen LogP contribution is -2.38. The number of para-hydroxylation sites is 1. The molecular weight excluding hydrogens is 526 g/mol. The van der Waals surface area contributed by atoms with Gasteiger partial charge in [-0.05, 0) is 67.9 Å². The Kier molecular flexibility index (Phi) is 9.19. The maximum absolute atomic E-state index is 13.6. The molecule has 4 aromatic rings. The van der Waals surface area contributed by atoms with E-state index in [2.05, 4.69) is 10.6 Å². The van der Waals surface area contributed by atoms with Crippen molar-refractivity contribution < 1.29 is 22.7 Å². The van der Waals surface area contributed by atoms with Crippen LogP contribution in [0.2, 0.25) is 0 Å². The van der Waals surface area contributed by atoms with E-state index in [1.54, 1.807) is 66.7 Å². The van der Waals surface area contributed by atoms with Gasteiger partial charge < -0.3 is 15.4 Å². The summed E-state index contributed by atoms with van der Waals surface area (Å²) < 4.78 is 33.7. The number of sulfonamides is 1. The topological polar surface area (TPSA) is 105 Å². The number of ether oxygens (including phenoxy) is 1. The molecule has 0 radical (unpaired) electrons. The fourth-order valence-corrected chi connectivity index (χ4v) is 5.56. The van der Waals surface area contributed by atoms with Crippen molar-refractivity contribution in [3.8, 4) is 5.75 Å². The van der Waals surface area contributed by atoms with Gasteiger partial charge in [0, 0.05) is 0 Å². The molecule has 2 N–H and O–H groups in total. The number of amides is 2. The second-order valence-corrected chi connectivity index (χ2v) is 10.8. The fourth-order valence-electron chi connectivity index (χ4n) is 4.12. The SMILES string of the molecule is CCOc1ccc(N(CC(=O)Nc2ccccc2C(=O)NC(C)c2ccccc2)S(=O)(=O)c2ccccc2)cc1. The molecule has 2 amide bonds. The number of nitrogens with one attached hydrogen (secondary N) is 2. The Labute approximate surface area is 234 Å². The highest BCUT2D eigenvalue weighted by Gasteiger charge is 2.28. The maximum atomic E-state index is 13.6. The first-order valence-electron chi connectivity index (χ1n) is 12.8. The quantitative estimate of drug-likeness (QED) is 0.257. The second kappa shape index (κ2) is 12.9. The summed E-state index contributed by atoms with van der Waals surface area (Å²) in [6.45, 7) is 3.68. The molecule has 8 nitrogen and oxygen atoms in total. The summed E-state index contributed by atoms with van der Waals surface area (Å²) in [5.74, 6) is -0.394. The molecule has 0 fully saturated rings. The summed E-state index contributed by atoms with van der Waals surface area (Å²) in [7, 11) is -4.09. The molecule has 0 saturated carbocycles. The Bertz CT molecular complexity index is 1540. The Morgan fingerprint density at radius 1 is 0.825 bits per heavy atom. The Morgan fingerprint density at radius 3 is 2.08 bits per heavy atom. The van der Waals surface area contributed by atoms with Crippen LogP contribution in [0.5, 0.6) is 5.75 Å². The van der Waals surface area contributed by atoms with E-state index in [1.165, 1.54) is 12.1 Å². The molecule has 4 aromatic carbocycles. The lowest BCUT2D eigenvalue weighted by atomic mass is 10.1. The van der Waals surface area contributed by atoms with Crippen molar-refractivity contribution in [1.82, 2.24) is 5.32 Å². The minimum absolute atomic E-state index is 0.0476. The van der Waals surface area contributed by atoms with Gasteiger partial charge in [0.2, 0.25) is 5.91 Å². The van der Waals surface area contributed by atoms with Gasteiger partial charge in [-0.1, -0.05) is 60.7 Å². The number of benzene rings is 4. The third-order valence-corrected chi connectivity index (χ3v) is 7.94. The molecule has 0 heterocycles. The zero-order chi connectivity index (χ0) is 28.5. The van der Waals surface area contributed by atoms with Crippen molar-refractivity contribution in [1.29, 1.82) is 0 Å². The van der Waals surface area contributed by atoms with Crippen LogP contribution in [-0.4, -0.2) is 33.4 Å². The molecule has 40 heavy (non-hydrogen) atoms. The van der Waals surface area contributed by atoms with Crippen LogP contribution in [0.25, 0.3) is 0 Å². The van der Waals surface area contributed by atoms with Gasteiger partial charge in [-0.2, -0.15) is 0 Å². The van der Waals surface area contributed by atoms with Crippen molar-refractivity contribution in [2.24, 2.45) is 0 Å². The number of rotatable bonds is 11. The van der Waals surface area contributed by atoms with Crippen LogP contribution in [0.4, 0.5) is 11.4 Å². The van der Waals surface area contributed by atoms with Gasteiger partial charge in [0.15, 0.2) is 0 Å². The highest BCUT2D eigenvalue weighted by atomic mass is 32.2. The fraction of sp³-hybridized carbons (Fsp3) is 0.161. The summed E-state index contributed by atoms with van der Waals surface area (Å²) in [6.07, 6.45) is 0. The third kappa shape index (κ3) is 6.86. The van der Waals surface area contributed by atoms with E-state index in [0.717, 1.165) is 9.87 Å². The molecule has 4 rings (SSSR count). The van der Waals surface area contributed by atoms with Crippen molar-refractivity contribution in [3.63, 3.8) is 0 Å². The predicted octanol–water partition coefficient (Wildman–Crippen LogP) is 5.41. The summed E-state index contributed by atoms with van der Waals surface area (Å²) >= 11 is 0. The molecular formula is C31H31N3O5S. The number of carbonyl (C=O) groups is 2. The molecule has 0 saturated heterocycles. The number of carbonyl (C=O) groups excluding carboxylic acids is 2. The van der Waals surface area contributed by atoms with Crippen LogP contribution in [0.15, 0.2) is 114 Å². The second-order valence-electron chi connectivity index (χ2n) is 8.95. The summed E-state index contributed by atoms with van der Waals surface area (Å²) in [4.78, 5) is 26.5. The van der Waals surface area contributed by atoms with Crippen LogP contribution in [0, 0.1) is 0 Å². The zero-order valence-corrected chi connectivity index (χ0v) is 23.1. The van der Waals surface area contributed by atoms with Crippen LogP contribution in [0.3, 0.4) is 0 Å². The maximum Gasteiger partial charge on any atom is 0.264 e. The molecule has 0 bridgehead atoms. The molecule has 9 heteroatoms. The van der Waals surface area contributed by atoms with Crippen LogP contribution in [-0.2, 0) is 14.8 Å². The van der Waals surface area contributed by atoms with Crippen molar-refractivity contribution in [3.05, 3.63) is 120 Å². The van der Waals surface area contributed by atoms with Gasteiger partial charge in [0.05, 0.1) is 34.5 Å². The minimum atomic E-state index is -4.09. The largest absolute Gasteiger partial charge is 0.494 e. The van der Waals surface area contributed by atoms with Gasteiger partial charge in [-0.25, -0.2) is 8.42 Å². The lowest BCUT2D eigenvalue weighted by molar-refractivity contribution is -0.114. The average Bonchev–Trinajstić information content (AvgIpc) is 2.97. The summed E-state index contributed by atoms with van der Waals surface area (Å²) in [5, 5.41) is 5.68. The van der Waals surface area contributed by atoms with Gasteiger partial charge in [-0.3, -0.25) is 13.9 Å². The predicted molar refractivity (Wildman–Crippen MR) is 156 cm³/mol. The normalized spacial score (nSPS) is 11.8. The van der Waals surface area contributed by atoms with Crippen molar-refractivity contribution in [2.75, 3.05) is 22.8 Å². The monoisotopic (exact) mass is 557 g/mol. The van der Waals surface area contributed by atoms with E-state index >= 15 is 0 Å². The van der Waals surface area contributed by atoms with Crippen LogP contribution in [0.1, 0.15) is 35.8 Å². The standard InChI is InChI=1S/C31H31N3O5S/c1-3-39-26-20-18-25(19-21-26)34(40(37,38)27-14-8-5-9-15-27)22-30(35)33-29-17-11-10-16-28(29)31(36)32-23(2)24-12-6-4-7-13-24/h4-21,23H,3,22H2,1-2H3,(H,32,36)(H,33,35). The average molecular weight is 558 g/mol. The number of hydrogen-bond donors (Lipinski definition) is 2. The third-order valence-electron chi connectivity index (χ3n) is 6.15. The lowest BCUT2D eigenvalue weighted by Gasteiger charge is -2.24. The van der Waals surface area contributed by atoms with E-state index in [0.29, 0.717) is 18.0 Å². The first-order valence-corrected chi connectivity index (χ1v) is 14.3. The highest BCUT2D eigenvalue weighted by Crippen LogP contribution is 2.26. The number of hydrogen-bond acceptors (Lipinski definition) is 5. The highest BCUT2D eigenvalue weighted by molar-refractivity contribution is 7.92. The molecule has 0 aromatic heterocycles. The molecule has 0 spiro atoms. The van der Waals surface area contributed by atoms with Gasteiger partial charge >= 0.3 is 0 Å². The van der Waals surface area contributed by atoms with E-state index in [1.807, 2.05) is 44.2 Å². The molecule has 0 aliphatic carbocycles. The zero-order valence-electron chi connectivity index (χ0n) is 22.3. The summed E-state index contributed by atoms with van der Waals surface area (Å²) in [5.41, 5.74) is 1.77. The first kappa shape index (κ1) is 28.4.